The van der Waals surface area contributed by atoms with E-state index in [4.69, 9.17) is 0 Å². The lowest BCUT2D eigenvalue weighted by molar-refractivity contribution is 0.492. The first-order valence-corrected chi connectivity index (χ1v) is 7.55. The van der Waals surface area contributed by atoms with E-state index in [9.17, 15) is 8.42 Å². The van der Waals surface area contributed by atoms with Crippen LogP contribution in [0, 0.1) is 5.41 Å². The van der Waals surface area contributed by atoms with Crippen molar-refractivity contribution in [3.05, 3.63) is 24.0 Å². The molecule has 2 N–H and O–H groups in total. The van der Waals surface area contributed by atoms with E-state index < -0.39 is 9.84 Å². The molecule has 1 fully saturated rings. The van der Waals surface area contributed by atoms with E-state index in [0.29, 0.717) is 5.75 Å². The van der Waals surface area contributed by atoms with Gasteiger partial charge >= 0.3 is 0 Å². The van der Waals surface area contributed by atoms with Crippen molar-refractivity contribution in [3.63, 3.8) is 0 Å². The van der Waals surface area contributed by atoms with E-state index in [0.717, 1.165) is 25.9 Å². The number of hydrogen-bond donors (Lipinski definition) is 2. The molecule has 90 valence electrons. The molecule has 0 atom stereocenters. The number of hydrogen-bond acceptors (Lipinski definition) is 3. The number of aromatic nitrogens is 1. The fraction of sp³-hybridized carbons (Fsp3) is 0.636. The Bertz CT molecular complexity index is 433. The lowest BCUT2D eigenvalue weighted by atomic mass is 10.1. The van der Waals surface area contributed by atoms with Gasteiger partial charge in [-0.25, -0.2) is 8.42 Å². The molecule has 1 heterocycles. The zero-order chi connectivity index (χ0) is 11.6. The van der Waals surface area contributed by atoms with Gasteiger partial charge in [0.25, 0.3) is 0 Å². The number of rotatable bonds is 6. The third-order valence-corrected chi connectivity index (χ3v) is 4.15. The van der Waals surface area contributed by atoms with Gasteiger partial charge in [0, 0.05) is 31.7 Å². The predicted octanol–water partition coefficient (Wildman–Crippen LogP) is 0.929. The van der Waals surface area contributed by atoms with Crippen LogP contribution in [-0.2, 0) is 16.4 Å². The first-order chi connectivity index (χ1) is 7.49. The topological polar surface area (TPSA) is 62.0 Å². The summed E-state index contributed by atoms with van der Waals surface area (Å²) in [5, 5.41) is 3.33. The van der Waals surface area contributed by atoms with E-state index in [1.165, 1.54) is 11.8 Å². The SMILES string of the molecule is CS(=O)(=O)CC1(CNCc2cc[nH]c2)CC1. The predicted molar refractivity (Wildman–Crippen MR) is 63.9 cm³/mol. The molecule has 0 aromatic carbocycles. The molecular weight excluding hydrogens is 224 g/mol. The van der Waals surface area contributed by atoms with E-state index in [-0.39, 0.29) is 5.41 Å². The smallest absolute Gasteiger partial charge is 0.148 e. The van der Waals surface area contributed by atoms with Crippen molar-refractivity contribution >= 4 is 9.84 Å². The minimum Gasteiger partial charge on any atom is -0.367 e. The Balaban J connectivity index is 1.78. The van der Waals surface area contributed by atoms with Crippen LogP contribution in [-0.4, -0.2) is 32.0 Å². The highest BCUT2D eigenvalue weighted by Gasteiger charge is 2.44. The molecule has 1 aliphatic rings. The Morgan fingerprint density at radius 2 is 2.25 bits per heavy atom. The normalized spacial score (nSPS) is 18.6. The summed E-state index contributed by atoms with van der Waals surface area (Å²) in [5.74, 6) is 0.320. The van der Waals surface area contributed by atoms with Gasteiger partial charge in [0.1, 0.15) is 9.84 Å². The summed E-state index contributed by atoms with van der Waals surface area (Å²) in [6, 6.07) is 2.02. The molecule has 4 nitrogen and oxygen atoms in total. The molecule has 2 rings (SSSR count). The van der Waals surface area contributed by atoms with Crippen molar-refractivity contribution < 1.29 is 8.42 Å². The van der Waals surface area contributed by atoms with Gasteiger partial charge in [0.2, 0.25) is 0 Å². The van der Waals surface area contributed by atoms with E-state index in [1.807, 2.05) is 18.5 Å². The molecule has 0 bridgehead atoms. The highest BCUT2D eigenvalue weighted by atomic mass is 32.2. The number of aromatic amines is 1. The Hall–Kier alpha value is -0.810. The molecule has 0 aliphatic heterocycles. The summed E-state index contributed by atoms with van der Waals surface area (Å²) in [6.45, 7) is 1.60. The van der Waals surface area contributed by atoms with Crippen LogP contribution >= 0.6 is 0 Å². The zero-order valence-corrected chi connectivity index (χ0v) is 10.3. The second-order valence-electron chi connectivity index (χ2n) is 4.89. The number of sulfone groups is 1. The molecule has 0 amide bonds. The van der Waals surface area contributed by atoms with Gasteiger partial charge in [-0.05, 0) is 29.9 Å². The van der Waals surface area contributed by atoms with Gasteiger partial charge in [-0.15, -0.1) is 0 Å². The molecule has 16 heavy (non-hydrogen) atoms. The highest BCUT2D eigenvalue weighted by molar-refractivity contribution is 7.90. The first-order valence-electron chi connectivity index (χ1n) is 5.49. The third kappa shape index (κ3) is 3.35. The monoisotopic (exact) mass is 242 g/mol. The van der Waals surface area contributed by atoms with Crippen molar-refractivity contribution in [2.45, 2.75) is 19.4 Å². The van der Waals surface area contributed by atoms with Crippen molar-refractivity contribution in [3.8, 4) is 0 Å². The van der Waals surface area contributed by atoms with Gasteiger partial charge in [-0.1, -0.05) is 0 Å². The Kier molecular flexibility index (Phi) is 3.08. The second-order valence-corrected chi connectivity index (χ2v) is 7.03. The summed E-state index contributed by atoms with van der Waals surface area (Å²) >= 11 is 0. The van der Waals surface area contributed by atoms with Gasteiger partial charge in [0.15, 0.2) is 0 Å². The van der Waals surface area contributed by atoms with Crippen molar-refractivity contribution in [1.82, 2.24) is 10.3 Å². The van der Waals surface area contributed by atoms with Gasteiger partial charge in [0.05, 0.1) is 5.75 Å². The molecule has 1 aromatic rings. The van der Waals surface area contributed by atoms with Gasteiger partial charge in [-0.3, -0.25) is 0 Å². The van der Waals surface area contributed by atoms with Crippen LogP contribution in [0.15, 0.2) is 18.5 Å². The molecule has 0 radical (unpaired) electrons. The van der Waals surface area contributed by atoms with E-state index in [1.54, 1.807) is 0 Å². The Morgan fingerprint density at radius 3 is 2.75 bits per heavy atom. The largest absolute Gasteiger partial charge is 0.367 e. The van der Waals surface area contributed by atoms with Gasteiger partial charge in [-0.2, -0.15) is 0 Å². The maximum Gasteiger partial charge on any atom is 0.148 e. The Labute approximate surface area is 96.4 Å². The average molecular weight is 242 g/mol. The minimum atomic E-state index is -2.85. The van der Waals surface area contributed by atoms with Crippen LogP contribution in [0.3, 0.4) is 0 Å². The van der Waals surface area contributed by atoms with Crippen LogP contribution in [0.25, 0.3) is 0 Å². The summed E-state index contributed by atoms with van der Waals surface area (Å²) in [4.78, 5) is 3.00. The third-order valence-electron chi connectivity index (χ3n) is 3.02. The maximum absolute atomic E-state index is 11.2. The molecule has 1 aliphatic carbocycles. The first kappa shape index (κ1) is 11.7. The molecule has 1 aromatic heterocycles. The summed E-state index contributed by atoms with van der Waals surface area (Å²) in [5.41, 5.74) is 1.22. The second kappa shape index (κ2) is 4.22. The van der Waals surface area contributed by atoms with Crippen LogP contribution in [0.1, 0.15) is 18.4 Å². The quantitative estimate of drug-likeness (QED) is 0.780. The maximum atomic E-state index is 11.2. The van der Waals surface area contributed by atoms with Crippen LogP contribution in [0.4, 0.5) is 0 Å². The summed E-state index contributed by atoms with van der Waals surface area (Å²) in [6.07, 6.45) is 7.21. The molecule has 1 saturated carbocycles. The Morgan fingerprint density at radius 1 is 1.50 bits per heavy atom. The standard InChI is InChI=1S/C11H18N2O2S/c1-16(14,15)9-11(3-4-11)8-13-7-10-2-5-12-6-10/h2,5-6,12-13H,3-4,7-9H2,1H3. The lowest BCUT2D eigenvalue weighted by Crippen LogP contribution is -2.28. The number of H-pyrrole nitrogens is 1. The van der Waals surface area contributed by atoms with Crippen molar-refractivity contribution in [1.29, 1.82) is 0 Å². The van der Waals surface area contributed by atoms with Crippen LogP contribution in [0.2, 0.25) is 0 Å². The van der Waals surface area contributed by atoms with Gasteiger partial charge < -0.3 is 10.3 Å². The molecule has 0 unspecified atom stereocenters. The average Bonchev–Trinajstić information content (AvgIpc) is 2.72. The van der Waals surface area contributed by atoms with Crippen LogP contribution in [0.5, 0.6) is 0 Å². The fourth-order valence-corrected chi connectivity index (χ4v) is 3.55. The summed E-state index contributed by atoms with van der Waals surface area (Å²) < 4.78 is 22.5. The molecule has 0 saturated heterocycles. The zero-order valence-electron chi connectivity index (χ0n) is 9.49. The van der Waals surface area contributed by atoms with Crippen molar-refractivity contribution in [2.24, 2.45) is 5.41 Å². The van der Waals surface area contributed by atoms with E-state index >= 15 is 0 Å². The molecule has 5 heteroatoms. The molecular formula is C11H18N2O2S. The highest BCUT2D eigenvalue weighted by Crippen LogP contribution is 2.46. The van der Waals surface area contributed by atoms with Crippen LogP contribution < -0.4 is 5.32 Å². The minimum absolute atomic E-state index is 0.0177. The molecule has 0 spiro atoms. The van der Waals surface area contributed by atoms with Crippen molar-refractivity contribution in [2.75, 3.05) is 18.6 Å². The fourth-order valence-electron chi connectivity index (χ4n) is 2.05. The number of nitrogens with one attached hydrogen (secondary N) is 2. The van der Waals surface area contributed by atoms with E-state index in [2.05, 4.69) is 10.3 Å². The lowest BCUT2D eigenvalue weighted by Gasteiger charge is -2.14. The summed E-state index contributed by atoms with van der Waals surface area (Å²) in [7, 11) is -2.85.